The molecule has 0 bridgehead atoms. The maximum Gasteiger partial charge on any atom is 0.261 e. The summed E-state index contributed by atoms with van der Waals surface area (Å²) < 4.78 is 1.48. The van der Waals surface area contributed by atoms with Gasteiger partial charge in [0.05, 0.1) is 17.1 Å². The summed E-state index contributed by atoms with van der Waals surface area (Å²) in [5.41, 5.74) is 0.479. The number of hydrogen-bond donors (Lipinski definition) is 0. The number of aromatic nitrogens is 3. The smallest absolute Gasteiger partial charge is 0.261 e. The highest BCUT2D eigenvalue weighted by atomic mass is 35.5. The maximum absolute atomic E-state index is 11.7. The Morgan fingerprint density at radius 3 is 2.93 bits per heavy atom. The molecule has 2 aromatic heterocycles. The van der Waals surface area contributed by atoms with E-state index in [1.165, 1.54) is 16.8 Å². The van der Waals surface area contributed by atoms with Gasteiger partial charge in [0, 0.05) is 7.05 Å². The molecule has 0 saturated carbocycles. The van der Waals surface area contributed by atoms with E-state index in [2.05, 4.69) is 9.97 Å². The highest BCUT2D eigenvalue weighted by Crippen LogP contribution is 2.11. The number of rotatable bonds is 0. The summed E-state index contributed by atoms with van der Waals surface area (Å²) in [5.74, 6) is 0.659. The van der Waals surface area contributed by atoms with Crippen molar-refractivity contribution in [3.8, 4) is 0 Å². The van der Waals surface area contributed by atoms with Crippen molar-refractivity contribution in [2.24, 2.45) is 7.05 Å². The third kappa shape index (κ3) is 1.28. The van der Waals surface area contributed by atoms with Crippen molar-refractivity contribution in [2.75, 3.05) is 0 Å². The summed E-state index contributed by atoms with van der Waals surface area (Å²) >= 11 is 5.70. The number of pyridine rings is 1. The summed E-state index contributed by atoms with van der Waals surface area (Å²) in [6, 6.07) is 1.53. The minimum absolute atomic E-state index is 0.100. The second-order valence-electron chi connectivity index (χ2n) is 3.05. The Morgan fingerprint density at radius 1 is 1.50 bits per heavy atom. The molecule has 2 heterocycles. The quantitative estimate of drug-likeness (QED) is 0.615. The Kier molecular flexibility index (Phi) is 2.00. The van der Waals surface area contributed by atoms with Crippen molar-refractivity contribution in [2.45, 2.75) is 6.92 Å². The van der Waals surface area contributed by atoms with Crippen molar-refractivity contribution in [3.63, 3.8) is 0 Å². The van der Waals surface area contributed by atoms with Crippen LogP contribution in [0.4, 0.5) is 0 Å². The fraction of sp³-hybridized carbons (Fsp3) is 0.222. The molecule has 4 nitrogen and oxygen atoms in total. The zero-order chi connectivity index (χ0) is 10.3. The highest BCUT2D eigenvalue weighted by Gasteiger charge is 2.05. The summed E-state index contributed by atoms with van der Waals surface area (Å²) in [6.07, 6.45) is 1.51. The van der Waals surface area contributed by atoms with E-state index in [4.69, 9.17) is 11.6 Å². The van der Waals surface area contributed by atoms with Crippen LogP contribution in [0.1, 0.15) is 5.82 Å². The number of hydrogen-bond acceptors (Lipinski definition) is 3. The first-order valence-corrected chi connectivity index (χ1v) is 4.46. The summed E-state index contributed by atoms with van der Waals surface area (Å²) in [6.45, 7) is 1.77. The first kappa shape index (κ1) is 9.15. The standard InChI is InChI=1S/C9H8ClN3O/c1-5-12-7-4-11-8(10)3-6(7)9(14)13(5)2/h3-4H,1-2H3. The lowest BCUT2D eigenvalue weighted by Crippen LogP contribution is -2.20. The van der Waals surface area contributed by atoms with Crippen LogP contribution < -0.4 is 5.56 Å². The Labute approximate surface area is 85.2 Å². The Hall–Kier alpha value is -1.42. The van der Waals surface area contributed by atoms with Gasteiger partial charge in [-0.05, 0) is 13.0 Å². The zero-order valence-electron chi connectivity index (χ0n) is 7.78. The van der Waals surface area contributed by atoms with Crippen LogP contribution in [0.5, 0.6) is 0 Å². The molecule has 0 aromatic carbocycles. The average Bonchev–Trinajstić information content (AvgIpc) is 2.16. The Balaban J connectivity index is 2.99. The van der Waals surface area contributed by atoms with Crippen LogP contribution in [-0.2, 0) is 7.05 Å². The van der Waals surface area contributed by atoms with Crippen molar-refractivity contribution >= 4 is 22.5 Å². The summed E-state index contributed by atoms with van der Waals surface area (Å²) in [5, 5.41) is 0.804. The topological polar surface area (TPSA) is 47.8 Å². The minimum Gasteiger partial charge on any atom is -0.299 e. The van der Waals surface area contributed by atoms with Gasteiger partial charge in [-0.25, -0.2) is 9.97 Å². The van der Waals surface area contributed by atoms with Crippen LogP contribution in [0.15, 0.2) is 17.1 Å². The molecule has 0 fully saturated rings. The molecule has 0 amide bonds. The summed E-state index contributed by atoms with van der Waals surface area (Å²) in [4.78, 5) is 19.8. The molecule has 14 heavy (non-hydrogen) atoms. The van der Waals surface area contributed by atoms with Crippen LogP contribution >= 0.6 is 11.6 Å². The van der Waals surface area contributed by atoms with Gasteiger partial charge in [-0.1, -0.05) is 11.6 Å². The minimum atomic E-state index is -0.100. The molecule has 0 aliphatic rings. The highest BCUT2D eigenvalue weighted by molar-refractivity contribution is 6.30. The second kappa shape index (κ2) is 3.06. The molecule has 0 saturated heterocycles. The first-order valence-electron chi connectivity index (χ1n) is 4.08. The molecular formula is C9H8ClN3O. The molecular weight excluding hydrogens is 202 g/mol. The predicted octanol–water partition coefficient (Wildman–Crippen LogP) is 1.29. The molecule has 0 radical (unpaired) electrons. The molecule has 2 rings (SSSR count). The largest absolute Gasteiger partial charge is 0.299 e. The normalized spacial score (nSPS) is 10.8. The maximum atomic E-state index is 11.7. The van der Waals surface area contributed by atoms with E-state index < -0.39 is 0 Å². The average molecular weight is 210 g/mol. The monoisotopic (exact) mass is 209 g/mol. The molecule has 0 spiro atoms. The van der Waals surface area contributed by atoms with Crippen molar-refractivity contribution in [3.05, 3.63) is 33.6 Å². The SMILES string of the molecule is Cc1nc2cnc(Cl)cc2c(=O)n1C. The van der Waals surface area contributed by atoms with E-state index in [0.29, 0.717) is 21.9 Å². The van der Waals surface area contributed by atoms with Gasteiger partial charge in [0.25, 0.3) is 5.56 Å². The molecule has 72 valence electrons. The van der Waals surface area contributed by atoms with Crippen molar-refractivity contribution in [1.82, 2.24) is 14.5 Å². The number of nitrogens with zero attached hydrogens (tertiary/aromatic N) is 3. The lowest BCUT2D eigenvalue weighted by Gasteiger charge is -2.04. The predicted molar refractivity (Wildman–Crippen MR) is 54.5 cm³/mol. The number of aryl methyl sites for hydroxylation is 1. The molecule has 0 aliphatic carbocycles. The lowest BCUT2D eigenvalue weighted by molar-refractivity contribution is 0.792. The van der Waals surface area contributed by atoms with E-state index >= 15 is 0 Å². The van der Waals surface area contributed by atoms with E-state index in [1.54, 1.807) is 14.0 Å². The molecule has 0 N–H and O–H groups in total. The lowest BCUT2D eigenvalue weighted by atomic mass is 10.3. The van der Waals surface area contributed by atoms with Gasteiger partial charge >= 0.3 is 0 Å². The van der Waals surface area contributed by atoms with Crippen LogP contribution in [0, 0.1) is 6.92 Å². The fourth-order valence-electron chi connectivity index (χ4n) is 1.26. The molecule has 0 aliphatic heterocycles. The van der Waals surface area contributed by atoms with E-state index in [9.17, 15) is 4.79 Å². The van der Waals surface area contributed by atoms with Gasteiger partial charge in [-0.2, -0.15) is 0 Å². The van der Waals surface area contributed by atoms with Crippen LogP contribution in [0.3, 0.4) is 0 Å². The fourth-order valence-corrected chi connectivity index (χ4v) is 1.42. The van der Waals surface area contributed by atoms with Gasteiger partial charge in [-0.15, -0.1) is 0 Å². The Bertz CT molecular complexity index is 562. The van der Waals surface area contributed by atoms with Gasteiger partial charge in [0.1, 0.15) is 11.0 Å². The molecule has 0 unspecified atom stereocenters. The van der Waals surface area contributed by atoms with Gasteiger partial charge < -0.3 is 0 Å². The summed E-state index contributed by atoms with van der Waals surface area (Å²) in [7, 11) is 1.68. The zero-order valence-corrected chi connectivity index (χ0v) is 8.54. The van der Waals surface area contributed by atoms with Crippen LogP contribution in [0.2, 0.25) is 5.15 Å². The first-order chi connectivity index (χ1) is 6.59. The van der Waals surface area contributed by atoms with E-state index in [0.717, 1.165) is 0 Å². The van der Waals surface area contributed by atoms with Gasteiger partial charge in [0.2, 0.25) is 0 Å². The number of fused-ring (bicyclic) bond motifs is 1. The molecule has 0 atom stereocenters. The molecule has 2 aromatic rings. The van der Waals surface area contributed by atoms with E-state index in [-0.39, 0.29) is 5.56 Å². The van der Waals surface area contributed by atoms with Crippen molar-refractivity contribution in [1.29, 1.82) is 0 Å². The van der Waals surface area contributed by atoms with Crippen molar-refractivity contribution < 1.29 is 0 Å². The van der Waals surface area contributed by atoms with Gasteiger partial charge in [-0.3, -0.25) is 9.36 Å². The van der Waals surface area contributed by atoms with Gasteiger partial charge in [0.15, 0.2) is 0 Å². The van der Waals surface area contributed by atoms with Crippen LogP contribution in [0.25, 0.3) is 10.9 Å². The second-order valence-corrected chi connectivity index (χ2v) is 3.43. The third-order valence-electron chi connectivity index (χ3n) is 2.15. The Morgan fingerprint density at radius 2 is 2.21 bits per heavy atom. The number of halogens is 1. The molecule has 5 heteroatoms. The van der Waals surface area contributed by atoms with Crippen LogP contribution in [-0.4, -0.2) is 14.5 Å². The third-order valence-corrected chi connectivity index (χ3v) is 2.36. The van der Waals surface area contributed by atoms with E-state index in [1.807, 2.05) is 0 Å².